The molecule has 2 aromatic carbocycles. The molecule has 0 aliphatic carbocycles. The normalized spacial score (nSPS) is 10.0. The number of nitrogens with zero attached hydrogens (tertiary/aromatic N) is 2. The van der Waals surface area contributed by atoms with Crippen molar-refractivity contribution in [3.8, 4) is 5.69 Å². The molecule has 5 heteroatoms. The highest BCUT2D eigenvalue weighted by Crippen LogP contribution is 2.28. The van der Waals surface area contributed by atoms with E-state index in [2.05, 4.69) is 15.9 Å². The first kappa shape index (κ1) is 15.3. The molecular weight excluding hydrogens is 332 g/mol. The number of nitro groups is 1. The van der Waals surface area contributed by atoms with Gasteiger partial charge in [0.25, 0.3) is 5.69 Å². The van der Waals surface area contributed by atoms with Crippen LogP contribution in [-0.4, -0.2) is 9.49 Å². The van der Waals surface area contributed by atoms with E-state index in [1.807, 2.05) is 48.7 Å². The van der Waals surface area contributed by atoms with Crippen molar-refractivity contribution in [3.05, 3.63) is 69.3 Å². The standard InChI is InChI=1S/C14H9BrN2O2.C2H6/c15-14-9-10-3-1-2-4-13(10)16(14)11-5-7-12(8-6-11)17(18)19;1-2/h1-9H;1-2H3. The molecule has 0 aliphatic heterocycles. The van der Waals surface area contributed by atoms with Gasteiger partial charge in [-0.05, 0) is 40.2 Å². The van der Waals surface area contributed by atoms with Crippen LogP contribution in [0.3, 0.4) is 0 Å². The van der Waals surface area contributed by atoms with Crippen LogP contribution in [0.5, 0.6) is 0 Å². The predicted molar refractivity (Wildman–Crippen MR) is 89.0 cm³/mol. The zero-order valence-corrected chi connectivity index (χ0v) is 13.4. The molecule has 0 unspecified atom stereocenters. The van der Waals surface area contributed by atoms with E-state index in [4.69, 9.17) is 0 Å². The van der Waals surface area contributed by atoms with Crippen LogP contribution in [0, 0.1) is 10.1 Å². The minimum absolute atomic E-state index is 0.0938. The maximum atomic E-state index is 10.7. The summed E-state index contributed by atoms with van der Waals surface area (Å²) in [6, 6.07) is 16.5. The summed E-state index contributed by atoms with van der Waals surface area (Å²) in [7, 11) is 0. The summed E-state index contributed by atoms with van der Waals surface area (Å²) in [6.07, 6.45) is 0. The number of benzene rings is 2. The minimum atomic E-state index is -0.396. The van der Waals surface area contributed by atoms with E-state index in [9.17, 15) is 10.1 Å². The van der Waals surface area contributed by atoms with Crippen LogP contribution in [0.4, 0.5) is 5.69 Å². The van der Waals surface area contributed by atoms with Gasteiger partial charge in [-0.2, -0.15) is 0 Å². The molecule has 0 aliphatic rings. The van der Waals surface area contributed by atoms with Crippen LogP contribution in [0.1, 0.15) is 13.8 Å². The number of para-hydroxylation sites is 1. The number of rotatable bonds is 2. The van der Waals surface area contributed by atoms with Gasteiger partial charge in [0, 0.05) is 23.2 Å². The van der Waals surface area contributed by atoms with Crippen LogP contribution in [0.2, 0.25) is 0 Å². The Morgan fingerprint density at radius 3 is 2.29 bits per heavy atom. The zero-order chi connectivity index (χ0) is 15.4. The monoisotopic (exact) mass is 346 g/mol. The number of halogens is 1. The molecule has 0 amide bonds. The molecule has 0 spiro atoms. The fourth-order valence-electron chi connectivity index (χ4n) is 2.11. The number of hydrogen-bond acceptors (Lipinski definition) is 2. The number of fused-ring (bicyclic) bond motifs is 1. The van der Waals surface area contributed by atoms with Gasteiger partial charge < -0.3 is 4.57 Å². The van der Waals surface area contributed by atoms with Crippen LogP contribution >= 0.6 is 15.9 Å². The Bertz CT molecular complexity index is 764. The molecule has 21 heavy (non-hydrogen) atoms. The van der Waals surface area contributed by atoms with Crippen molar-refractivity contribution in [2.45, 2.75) is 13.8 Å². The second-order valence-corrected chi connectivity index (χ2v) is 4.95. The third-order valence-corrected chi connectivity index (χ3v) is 3.57. The molecular formula is C16H15BrN2O2. The van der Waals surface area contributed by atoms with E-state index in [1.165, 1.54) is 12.1 Å². The lowest BCUT2D eigenvalue weighted by Crippen LogP contribution is -1.94. The maximum Gasteiger partial charge on any atom is 0.269 e. The topological polar surface area (TPSA) is 48.1 Å². The highest BCUT2D eigenvalue weighted by Gasteiger charge is 2.10. The van der Waals surface area contributed by atoms with Crippen molar-refractivity contribution < 1.29 is 4.92 Å². The van der Waals surface area contributed by atoms with Crippen molar-refractivity contribution in [1.82, 2.24) is 4.57 Å². The molecule has 0 bridgehead atoms. The van der Waals surface area contributed by atoms with Gasteiger partial charge in [0.15, 0.2) is 0 Å². The second-order valence-electron chi connectivity index (χ2n) is 4.13. The summed E-state index contributed by atoms with van der Waals surface area (Å²) >= 11 is 3.52. The third-order valence-electron chi connectivity index (χ3n) is 2.98. The molecule has 3 aromatic rings. The van der Waals surface area contributed by atoms with Gasteiger partial charge in [0.1, 0.15) is 0 Å². The van der Waals surface area contributed by atoms with E-state index in [0.717, 1.165) is 21.2 Å². The van der Waals surface area contributed by atoms with Crippen LogP contribution < -0.4 is 0 Å². The summed E-state index contributed by atoms with van der Waals surface area (Å²) < 4.78 is 2.93. The number of non-ortho nitro benzene ring substituents is 1. The van der Waals surface area contributed by atoms with Gasteiger partial charge in [-0.3, -0.25) is 10.1 Å². The molecule has 1 aromatic heterocycles. The van der Waals surface area contributed by atoms with Gasteiger partial charge in [-0.1, -0.05) is 32.0 Å². The van der Waals surface area contributed by atoms with Crippen molar-refractivity contribution in [1.29, 1.82) is 0 Å². The Morgan fingerprint density at radius 1 is 1.05 bits per heavy atom. The smallest absolute Gasteiger partial charge is 0.269 e. The van der Waals surface area contributed by atoms with Crippen molar-refractivity contribution in [3.63, 3.8) is 0 Å². The van der Waals surface area contributed by atoms with E-state index in [1.54, 1.807) is 12.1 Å². The van der Waals surface area contributed by atoms with Crippen molar-refractivity contribution in [2.75, 3.05) is 0 Å². The molecule has 0 saturated heterocycles. The Hall–Kier alpha value is -2.14. The van der Waals surface area contributed by atoms with Gasteiger partial charge in [0.2, 0.25) is 0 Å². The lowest BCUT2D eigenvalue weighted by Gasteiger charge is -2.06. The zero-order valence-electron chi connectivity index (χ0n) is 11.8. The molecule has 3 rings (SSSR count). The Morgan fingerprint density at radius 2 is 1.67 bits per heavy atom. The number of nitro benzene ring substituents is 1. The van der Waals surface area contributed by atoms with Crippen molar-refractivity contribution >= 4 is 32.5 Å². The molecule has 0 saturated carbocycles. The van der Waals surface area contributed by atoms with E-state index < -0.39 is 4.92 Å². The lowest BCUT2D eigenvalue weighted by molar-refractivity contribution is -0.384. The summed E-state index contributed by atoms with van der Waals surface area (Å²) in [4.78, 5) is 10.3. The summed E-state index contributed by atoms with van der Waals surface area (Å²) in [6.45, 7) is 4.00. The molecule has 108 valence electrons. The highest BCUT2D eigenvalue weighted by molar-refractivity contribution is 9.10. The first-order valence-corrected chi connectivity index (χ1v) is 7.47. The summed E-state index contributed by atoms with van der Waals surface area (Å²) in [5.41, 5.74) is 2.04. The fraction of sp³-hybridized carbons (Fsp3) is 0.125. The minimum Gasteiger partial charge on any atom is -0.304 e. The van der Waals surface area contributed by atoms with Crippen LogP contribution in [-0.2, 0) is 0 Å². The molecule has 0 N–H and O–H groups in total. The average molecular weight is 347 g/mol. The number of hydrogen-bond donors (Lipinski definition) is 0. The third kappa shape index (κ3) is 2.97. The Balaban J connectivity index is 0.000000774. The Labute approximate surface area is 131 Å². The Kier molecular flexibility index (Phi) is 4.75. The molecule has 0 atom stereocenters. The first-order chi connectivity index (χ1) is 10.2. The SMILES string of the molecule is CC.O=[N+]([O-])c1ccc(-n2c(Br)cc3ccccc32)cc1. The van der Waals surface area contributed by atoms with Crippen LogP contribution in [0.25, 0.3) is 16.6 Å². The quantitative estimate of drug-likeness (QED) is 0.465. The fourth-order valence-corrected chi connectivity index (χ4v) is 2.75. The highest BCUT2D eigenvalue weighted by atomic mass is 79.9. The van der Waals surface area contributed by atoms with E-state index in [-0.39, 0.29) is 5.69 Å². The van der Waals surface area contributed by atoms with E-state index >= 15 is 0 Å². The second kappa shape index (κ2) is 6.54. The lowest BCUT2D eigenvalue weighted by atomic mass is 10.2. The molecule has 4 nitrogen and oxygen atoms in total. The van der Waals surface area contributed by atoms with Gasteiger partial charge in [0.05, 0.1) is 15.0 Å². The molecule has 0 fully saturated rings. The van der Waals surface area contributed by atoms with Gasteiger partial charge in [-0.25, -0.2) is 0 Å². The first-order valence-electron chi connectivity index (χ1n) is 6.67. The van der Waals surface area contributed by atoms with E-state index in [0.29, 0.717) is 0 Å². The number of aromatic nitrogens is 1. The molecule has 0 radical (unpaired) electrons. The largest absolute Gasteiger partial charge is 0.304 e. The van der Waals surface area contributed by atoms with Gasteiger partial charge in [-0.15, -0.1) is 0 Å². The van der Waals surface area contributed by atoms with Gasteiger partial charge >= 0.3 is 0 Å². The summed E-state index contributed by atoms with van der Waals surface area (Å²) in [5.74, 6) is 0. The van der Waals surface area contributed by atoms with Crippen LogP contribution in [0.15, 0.2) is 59.2 Å². The molecule has 1 heterocycles. The van der Waals surface area contributed by atoms with Crippen molar-refractivity contribution in [2.24, 2.45) is 0 Å². The summed E-state index contributed by atoms with van der Waals surface area (Å²) in [5, 5.41) is 11.8. The predicted octanol–water partition coefficient (Wildman–Crippen LogP) is 5.33. The maximum absolute atomic E-state index is 10.7. The average Bonchev–Trinajstić information content (AvgIpc) is 2.85.